The minimum absolute atomic E-state index is 0.0268. The summed E-state index contributed by atoms with van der Waals surface area (Å²) in [7, 11) is 0. The van der Waals surface area contributed by atoms with Crippen molar-refractivity contribution in [2.45, 2.75) is 13.0 Å². The third-order valence-corrected chi connectivity index (χ3v) is 2.55. The van der Waals surface area contributed by atoms with Crippen LogP contribution in [0, 0.1) is 0 Å². The molecule has 0 N–H and O–H groups in total. The normalized spacial score (nSPS) is 10.7. The predicted molar refractivity (Wildman–Crippen MR) is 62.9 cm³/mol. The van der Waals surface area contributed by atoms with Gasteiger partial charge in [-0.2, -0.15) is 8.78 Å². The molecule has 0 fully saturated rings. The van der Waals surface area contributed by atoms with E-state index >= 15 is 0 Å². The lowest BCUT2D eigenvalue weighted by Gasteiger charge is -2.08. The van der Waals surface area contributed by atoms with E-state index < -0.39 is 6.61 Å². The second kappa shape index (κ2) is 5.73. The molecule has 1 aromatic carbocycles. The lowest BCUT2D eigenvalue weighted by molar-refractivity contribution is -0.0498. The van der Waals surface area contributed by atoms with Crippen molar-refractivity contribution in [2.75, 3.05) is 0 Å². The predicted octanol–water partition coefficient (Wildman–Crippen LogP) is 3.32. The van der Waals surface area contributed by atoms with Crippen molar-refractivity contribution in [2.24, 2.45) is 0 Å². The zero-order valence-corrected chi connectivity index (χ0v) is 9.94. The molecule has 2 aromatic rings. The number of aromatic nitrogens is 2. The maximum atomic E-state index is 12.2. The van der Waals surface area contributed by atoms with Crippen LogP contribution in [0.2, 0.25) is 5.02 Å². The van der Waals surface area contributed by atoms with Crippen LogP contribution in [0.1, 0.15) is 11.1 Å². The Morgan fingerprint density at radius 2 is 1.89 bits per heavy atom. The maximum Gasteiger partial charge on any atom is 0.387 e. The first-order chi connectivity index (χ1) is 8.65. The highest BCUT2D eigenvalue weighted by atomic mass is 35.5. The average Bonchev–Trinajstić information content (AvgIpc) is 2.34. The van der Waals surface area contributed by atoms with Crippen molar-refractivity contribution in [1.82, 2.24) is 9.97 Å². The topological polar surface area (TPSA) is 35.0 Å². The fourth-order valence-electron chi connectivity index (χ4n) is 1.50. The summed E-state index contributed by atoms with van der Waals surface area (Å²) in [5.74, 6) is -0.0268. The first-order valence-electron chi connectivity index (χ1n) is 5.12. The number of hydrogen-bond donors (Lipinski definition) is 0. The van der Waals surface area contributed by atoms with Crippen LogP contribution in [0.5, 0.6) is 5.75 Å². The molecule has 1 heterocycles. The minimum Gasteiger partial charge on any atom is -0.433 e. The van der Waals surface area contributed by atoms with Crippen LogP contribution in [0.25, 0.3) is 0 Å². The van der Waals surface area contributed by atoms with Crippen molar-refractivity contribution in [1.29, 1.82) is 0 Å². The van der Waals surface area contributed by atoms with Crippen molar-refractivity contribution < 1.29 is 13.5 Å². The molecule has 0 spiro atoms. The Labute approximate surface area is 107 Å². The monoisotopic (exact) mass is 270 g/mol. The molecule has 0 amide bonds. The number of rotatable bonds is 4. The van der Waals surface area contributed by atoms with E-state index in [1.807, 2.05) is 0 Å². The number of hydrogen-bond acceptors (Lipinski definition) is 3. The Kier molecular flexibility index (Phi) is 4.04. The highest BCUT2D eigenvalue weighted by molar-refractivity contribution is 6.32. The van der Waals surface area contributed by atoms with Gasteiger partial charge >= 0.3 is 6.61 Å². The second-order valence-corrected chi connectivity index (χ2v) is 3.97. The van der Waals surface area contributed by atoms with E-state index in [1.54, 1.807) is 18.5 Å². The molecule has 18 heavy (non-hydrogen) atoms. The largest absolute Gasteiger partial charge is 0.433 e. The maximum absolute atomic E-state index is 12.2. The molecular weight excluding hydrogens is 262 g/mol. The molecule has 3 nitrogen and oxygen atoms in total. The first kappa shape index (κ1) is 12.7. The van der Waals surface area contributed by atoms with Crippen LogP contribution in [-0.2, 0) is 6.42 Å². The number of halogens is 3. The van der Waals surface area contributed by atoms with Gasteiger partial charge in [0.25, 0.3) is 0 Å². The number of benzene rings is 1. The molecule has 0 saturated heterocycles. The van der Waals surface area contributed by atoms with Gasteiger partial charge in [0, 0.05) is 18.8 Å². The summed E-state index contributed by atoms with van der Waals surface area (Å²) >= 11 is 5.76. The molecule has 2 rings (SSSR count). The second-order valence-electron chi connectivity index (χ2n) is 3.57. The molecule has 0 aliphatic rings. The number of nitrogens with zero attached hydrogens (tertiary/aromatic N) is 2. The SMILES string of the molecule is FC(F)Oc1cc(Cc2cncnc2)ccc1Cl. The van der Waals surface area contributed by atoms with E-state index in [0.29, 0.717) is 6.42 Å². The van der Waals surface area contributed by atoms with Crippen LogP contribution in [-0.4, -0.2) is 16.6 Å². The summed E-state index contributed by atoms with van der Waals surface area (Å²) in [5.41, 5.74) is 1.67. The van der Waals surface area contributed by atoms with E-state index in [-0.39, 0.29) is 10.8 Å². The van der Waals surface area contributed by atoms with Gasteiger partial charge < -0.3 is 4.74 Å². The summed E-state index contributed by atoms with van der Waals surface area (Å²) in [6.45, 7) is -2.89. The van der Waals surface area contributed by atoms with E-state index in [4.69, 9.17) is 11.6 Å². The van der Waals surface area contributed by atoms with E-state index in [2.05, 4.69) is 14.7 Å². The Morgan fingerprint density at radius 3 is 2.56 bits per heavy atom. The molecule has 94 valence electrons. The van der Waals surface area contributed by atoms with Gasteiger partial charge in [0.2, 0.25) is 0 Å². The molecule has 0 aliphatic carbocycles. The van der Waals surface area contributed by atoms with Crippen LogP contribution in [0.15, 0.2) is 36.9 Å². The zero-order valence-electron chi connectivity index (χ0n) is 9.19. The fraction of sp³-hybridized carbons (Fsp3) is 0.167. The Balaban J connectivity index is 2.19. The van der Waals surface area contributed by atoms with Crippen LogP contribution < -0.4 is 4.74 Å². The van der Waals surface area contributed by atoms with Crippen molar-refractivity contribution in [3.05, 3.63) is 53.1 Å². The summed E-state index contributed by atoms with van der Waals surface area (Å²) in [5, 5.41) is 0.156. The minimum atomic E-state index is -2.89. The lowest BCUT2D eigenvalue weighted by atomic mass is 10.1. The van der Waals surface area contributed by atoms with Gasteiger partial charge in [-0.05, 0) is 23.3 Å². The van der Waals surface area contributed by atoms with Crippen molar-refractivity contribution >= 4 is 11.6 Å². The van der Waals surface area contributed by atoms with Gasteiger partial charge in [-0.15, -0.1) is 0 Å². The standard InChI is InChI=1S/C12H9ClF2N2O/c13-10-2-1-8(4-11(10)18-12(14)15)3-9-5-16-7-17-6-9/h1-2,4-7,12H,3H2. The van der Waals surface area contributed by atoms with Gasteiger partial charge in [-0.3, -0.25) is 0 Å². The van der Waals surface area contributed by atoms with E-state index in [0.717, 1.165) is 11.1 Å². The highest BCUT2D eigenvalue weighted by Crippen LogP contribution is 2.27. The molecule has 1 aromatic heterocycles. The number of ether oxygens (including phenoxy) is 1. The van der Waals surface area contributed by atoms with Gasteiger partial charge in [-0.1, -0.05) is 17.7 Å². The zero-order chi connectivity index (χ0) is 13.0. The molecular formula is C12H9ClF2N2O. The number of alkyl halides is 2. The van der Waals surface area contributed by atoms with Gasteiger partial charge in [0.05, 0.1) is 5.02 Å². The summed E-state index contributed by atoms with van der Waals surface area (Å²) < 4.78 is 28.6. The third kappa shape index (κ3) is 3.37. The van der Waals surface area contributed by atoms with E-state index in [1.165, 1.54) is 18.5 Å². The summed E-state index contributed by atoms with van der Waals surface area (Å²) in [6.07, 6.45) is 5.28. The molecule has 0 atom stereocenters. The fourth-order valence-corrected chi connectivity index (χ4v) is 1.66. The molecule has 0 saturated carbocycles. The summed E-state index contributed by atoms with van der Waals surface area (Å²) in [6, 6.07) is 4.76. The molecule has 0 unspecified atom stereocenters. The molecule has 6 heteroatoms. The van der Waals surface area contributed by atoms with Crippen molar-refractivity contribution in [3.63, 3.8) is 0 Å². The molecule has 0 aliphatic heterocycles. The van der Waals surface area contributed by atoms with Gasteiger partial charge in [-0.25, -0.2) is 9.97 Å². The smallest absolute Gasteiger partial charge is 0.387 e. The summed E-state index contributed by atoms with van der Waals surface area (Å²) in [4.78, 5) is 7.76. The van der Waals surface area contributed by atoms with Crippen LogP contribution >= 0.6 is 11.6 Å². The Bertz CT molecular complexity index is 523. The average molecular weight is 271 g/mol. The molecule has 0 radical (unpaired) electrons. The van der Waals surface area contributed by atoms with Crippen LogP contribution in [0.4, 0.5) is 8.78 Å². The lowest BCUT2D eigenvalue weighted by Crippen LogP contribution is -2.03. The first-order valence-corrected chi connectivity index (χ1v) is 5.50. The Morgan fingerprint density at radius 1 is 1.17 bits per heavy atom. The van der Waals surface area contributed by atoms with Gasteiger partial charge in [0.1, 0.15) is 12.1 Å². The van der Waals surface area contributed by atoms with Gasteiger partial charge in [0.15, 0.2) is 0 Å². The quantitative estimate of drug-likeness (QED) is 0.855. The molecule has 0 bridgehead atoms. The Hall–Kier alpha value is -1.75. The highest BCUT2D eigenvalue weighted by Gasteiger charge is 2.09. The van der Waals surface area contributed by atoms with E-state index in [9.17, 15) is 8.78 Å². The van der Waals surface area contributed by atoms with Crippen LogP contribution in [0.3, 0.4) is 0 Å². The third-order valence-electron chi connectivity index (χ3n) is 2.23. The van der Waals surface area contributed by atoms with Crippen molar-refractivity contribution in [3.8, 4) is 5.75 Å².